The molecule has 0 bridgehead atoms. The van der Waals surface area contributed by atoms with E-state index in [2.05, 4.69) is 0 Å². The van der Waals surface area contributed by atoms with Gasteiger partial charge in [-0.2, -0.15) is 0 Å². The van der Waals surface area contributed by atoms with Crippen LogP contribution in [0.25, 0.3) is 0 Å². The Balaban J connectivity index is 1.77. The summed E-state index contributed by atoms with van der Waals surface area (Å²) in [5.74, 6) is 0.975. The highest BCUT2D eigenvalue weighted by Crippen LogP contribution is 2.33. The van der Waals surface area contributed by atoms with Crippen molar-refractivity contribution in [2.24, 2.45) is 5.92 Å². The van der Waals surface area contributed by atoms with E-state index in [1.54, 1.807) is 0 Å². The second kappa shape index (κ2) is 5.32. The highest BCUT2D eigenvalue weighted by Gasteiger charge is 2.34. The topological polar surface area (TPSA) is 59.0 Å². The number of ether oxygens (including phenoxy) is 2. The van der Waals surface area contributed by atoms with E-state index in [1.807, 2.05) is 30.0 Å². The van der Waals surface area contributed by atoms with Crippen LogP contribution in [0.1, 0.15) is 25.3 Å². The van der Waals surface area contributed by atoms with Crippen molar-refractivity contribution in [2.45, 2.75) is 32.4 Å². The maximum Gasteiger partial charge on any atom is 0.321 e. The molecule has 0 spiro atoms. The Labute approximate surface area is 118 Å². The second-order valence-electron chi connectivity index (χ2n) is 5.56. The summed E-state index contributed by atoms with van der Waals surface area (Å²) < 4.78 is 10.7. The van der Waals surface area contributed by atoms with Crippen LogP contribution in [0.15, 0.2) is 18.2 Å². The van der Waals surface area contributed by atoms with Crippen LogP contribution < -0.4 is 9.47 Å². The Morgan fingerprint density at radius 3 is 3.00 bits per heavy atom. The molecule has 2 aliphatic rings. The molecular weight excluding hydrogens is 258 g/mol. The third-order valence-corrected chi connectivity index (χ3v) is 4.11. The van der Waals surface area contributed by atoms with E-state index in [0.29, 0.717) is 6.54 Å². The van der Waals surface area contributed by atoms with Crippen LogP contribution >= 0.6 is 0 Å². The first-order valence-electron chi connectivity index (χ1n) is 7.00. The van der Waals surface area contributed by atoms with Crippen LogP contribution in [0.3, 0.4) is 0 Å². The van der Waals surface area contributed by atoms with E-state index in [0.717, 1.165) is 36.4 Å². The molecule has 0 saturated carbocycles. The lowest BCUT2D eigenvalue weighted by Crippen LogP contribution is -2.48. The van der Waals surface area contributed by atoms with E-state index in [-0.39, 0.29) is 12.7 Å². The molecular formula is C15H19NO4. The van der Waals surface area contributed by atoms with Crippen LogP contribution in [0, 0.1) is 5.92 Å². The molecule has 1 fully saturated rings. The first-order valence-corrected chi connectivity index (χ1v) is 7.00. The van der Waals surface area contributed by atoms with Gasteiger partial charge < -0.3 is 14.6 Å². The van der Waals surface area contributed by atoms with Crippen molar-refractivity contribution in [1.82, 2.24) is 4.90 Å². The Morgan fingerprint density at radius 2 is 2.20 bits per heavy atom. The number of piperidine rings is 1. The lowest BCUT2D eigenvalue weighted by atomic mass is 9.90. The summed E-state index contributed by atoms with van der Waals surface area (Å²) in [6, 6.07) is 5.42. The predicted molar refractivity (Wildman–Crippen MR) is 72.8 cm³/mol. The van der Waals surface area contributed by atoms with Crippen LogP contribution in [-0.4, -0.2) is 35.4 Å². The second-order valence-corrected chi connectivity index (χ2v) is 5.56. The summed E-state index contributed by atoms with van der Waals surface area (Å²) >= 11 is 0. The number of nitrogens with zero attached hydrogens (tertiary/aromatic N) is 1. The number of likely N-dealkylation sites (tertiary alicyclic amines) is 1. The first kappa shape index (κ1) is 13.2. The molecule has 0 aliphatic carbocycles. The molecule has 1 saturated heterocycles. The lowest BCUT2D eigenvalue weighted by Gasteiger charge is -2.37. The summed E-state index contributed by atoms with van der Waals surface area (Å²) in [7, 11) is 0. The number of carboxylic acid groups (broad SMARTS) is 1. The van der Waals surface area contributed by atoms with Gasteiger partial charge in [0.1, 0.15) is 6.04 Å². The van der Waals surface area contributed by atoms with Crippen LogP contribution in [-0.2, 0) is 11.3 Å². The maximum atomic E-state index is 11.5. The molecule has 3 rings (SSSR count). The number of carbonyl (C=O) groups is 1. The summed E-state index contributed by atoms with van der Waals surface area (Å²) in [4.78, 5) is 13.5. The molecule has 1 aromatic carbocycles. The molecule has 1 N–H and O–H groups in total. The molecule has 108 valence electrons. The van der Waals surface area contributed by atoms with Gasteiger partial charge in [0.15, 0.2) is 11.5 Å². The third-order valence-electron chi connectivity index (χ3n) is 4.11. The standard InChI is InChI=1S/C15H19NO4/c1-10-3-2-6-16(14(10)15(17)18)8-11-4-5-12-13(7-11)20-9-19-12/h4-5,7,10,14H,2-3,6,8-9H2,1H3,(H,17,18). The van der Waals surface area contributed by atoms with E-state index in [4.69, 9.17) is 9.47 Å². The highest BCUT2D eigenvalue weighted by atomic mass is 16.7. The number of hydrogen-bond donors (Lipinski definition) is 1. The highest BCUT2D eigenvalue weighted by molar-refractivity contribution is 5.74. The van der Waals surface area contributed by atoms with Crippen molar-refractivity contribution in [2.75, 3.05) is 13.3 Å². The van der Waals surface area contributed by atoms with Gasteiger partial charge in [-0.1, -0.05) is 13.0 Å². The molecule has 5 nitrogen and oxygen atoms in total. The summed E-state index contributed by atoms with van der Waals surface area (Å²) in [6.45, 7) is 3.75. The van der Waals surface area contributed by atoms with Gasteiger partial charge in [-0.05, 0) is 43.0 Å². The van der Waals surface area contributed by atoms with Gasteiger partial charge in [-0.15, -0.1) is 0 Å². The first-order chi connectivity index (χ1) is 9.65. The summed E-state index contributed by atoms with van der Waals surface area (Å²) in [5, 5.41) is 9.43. The third kappa shape index (κ3) is 2.45. The van der Waals surface area contributed by atoms with Crippen LogP contribution in [0.5, 0.6) is 11.5 Å². The van der Waals surface area contributed by atoms with Crippen molar-refractivity contribution >= 4 is 5.97 Å². The van der Waals surface area contributed by atoms with Gasteiger partial charge >= 0.3 is 5.97 Å². The number of hydrogen-bond acceptors (Lipinski definition) is 4. The Hall–Kier alpha value is -1.75. The number of rotatable bonds is 3. The molecule has 20 heavy (non-hydrogen) atoms. The largest absolute Gasteiger partial charge is 0.480 e. The molecule has 0 amide bonds. The average molecular weight is 277 g/mol. The fraction of sp³-hybridized carbons (Fsp3) is 0.533. The zero-order valence-corrected chi connectivity index (χ0v) is 11.5. The smallest absolute Gasteiger partial charge is 0.321 e. The SMILES string of the molecule is CC1CCCN(Cc2ccc3c(c2)OCO3)C1C(=O)O. The molecule has 2 heterocycles. The zero-order chi connectivity index (χ0) is 14.1. The van der Waals surface area contributed by atoms with Crippen molar-refractivity contribution in [3.63, 3.8) is 0 Å². The van der Waals surface area contributed by atoms with Gasteiger partial charge in [-0.25, -0.2) is 0 Å². The minimum Gasteiger partial charge on any atom is -0.480 e. The normalized spacial score (nSPS) is 25.6. The number of carboxylic acids is 1. The Kier molecular flexibility index (Phi) is 3.53. The molecule has 2 aliphatic heterocycles. The van der Waals surface area contributed by atoms with Gasteiger partial charge in [0, 0.05) is 6.54 Å². The van der Waals surface area contributed by atoms with Gasteiger partial charge in [0.05, 0.1) is 0 Å². The minimum atomic E-state index is -0.724. The fourth-order valence-corrected chi connectivity index (χ4v) is 3.12. The number of aliphatic carboxylic acids is 1. The Morgan fingerprint density at radius 1 is 1.40 bits per heavy atom. The molecule has 1 aromatic rings. The maximum absolute atomic E-state index is 11.5. The molecule has 2 atom stereocenters. The monoisotopic (exact) mass is 277 g/mol. The zero-order valence-electron chi connectivity index (χ0n) is 11.5. The van der Waals surface area contributed by atoms with Crippen molar-refractivity contribution < 1.29 is 19.4 Å². The minimum absolute atomic E-state index is 0.190. The van der Waals surface area contributed by atoms with E-state index >= 15 is 0 Å². The molecule has 0 radical (unpaired) electrons. The van der Waals surface area contributed by atoms with Crippen molar-refractivity contribution in [1.29, 1.82) is 0 Å². The van der Waals surface area contributed by atoms with E-state index in [9.17, 15) is 9.90 Å². The number of benzene rings is 1. The van der Waals surface area contributed by atoms with Crippen LogP contribution in [0.2, 0.25) is 0 Å². The van der Waals surface area contributed by atoms with Gasteiger partial charge in [0.2, 0.25) is 6.79 Å². The molecule has 2 unspecified atom stereocenters. The van der Waals surface area contributed by atoms with Gasteiger partial charge in [0.25, 0.3) is 0 Å². The van der Waals surface area contributed by atoms with E-state index < -0.39 is 12.0 Å². The molecule has 5 heteroatoms. The average Bonchev–Trinajstić information content (AvgIpc) is 2.85. The van der Waals surface area contributed by atoms with Gasteiger partial charge in [-0.3, -0.25) is 9.69 Å². The quantitative estimate of drug-likeness (QED) is 0.917. The van der Waals surface area contributed by atoms with E-state index in [1.165, 1.54) is 0 Å². The summed E-state index contributed by atoms with van der Waals surface area (Å²) in [6.07, 6.45) is 2.03. The Bertz CT molecular complexity index is 517. The number of fused-ring (bicyclic) bond motifs is 1. The lowest BCUT2D eigenvalue weighted by molar-refractivity contribution is -0.147. The summed E-state index contributed by atoms with van der Waals surface area (Å²) in [5.41, 5.74) is 1.06. The van der Waals surface area contributed by atoms with Crippen LogP contribution in [0.4, 0.5) is 0 Å². The van der Waals surface area contributed by atoms with Crippen molar-refractivity contribution in [3.8, 4) is 11.5 Å². The molecule has 0 aromatic heterocycles. The predicted octanol–water partition coefficient (Wildman–Crippen LogP) is 2.10. The fourth-order valence-electron chi connectivity index (χ4n) is 3.12. The van der Waals surface area contributed by atoms with Crippen molar-refractivity contribution in [3.05, 3.63) is 23.8 Å².